The number of nitrogens with one attached hydrogen (secondary N) is 2. The zero-order valence-corrected chi connectivity index (χ0v) is 10.9. The molecule has 0 fully saturated rings. The highest BCUT2D eigenvalue weighted by atomic mass is 32.1. The Hall–Kier alpha value is -2.05. The molecular weight excluding hydrogens is 260 g/mol. The van der Waals surface area contributed by atoms with Crippen LogP contribution >= 0.6 is 11.3 Å². The summed E-state index contributed by atoms with van der Waals surface area (Å²) in [6.45, 7) is 1.25. The molecule has 6 heteroatoms. The van der Waals surface area contributed by atoms with Gasteiger partial charge in [-0.05, 0) is 12.1 Å². The summed E-state index contributed by atoms with van der Waals surface area (Å²) in [7, 11) is 0. The van der Waals surface area contributed by atoms with Gasteiger partial charge in [0.05, 0.1) is 23.0 Å². The summed E-state index contributed by atoms with van der Waals surface area (Å²) in [5, 5.41) is 3.85. The van der Waals surface area contributed by atoms with Gasteiger partial charge in [0, 0.05) is 17.6 Å². The summed E-state index contributed by atoms with van der Waals surface area (Å²) in [6.07, 6.45) is 1.83. The molecule has 0 amide bonds. The molecule has 0 aliphatic rings. The molecule has 0 aliphatic carbocycles. The molecule has 0 aliphatic heterocycles. The van der Waals surface area contributed by atoms with Crippen LogP contribution < -0.4 is 10.9 Å². The van der Waals surface area contributed by atoms with Crippen LogP contribution in [0, 0.1) is 0 Å². The first-order valence-electron chi connectivity index (χ1n) is 5.89. The third-order valence-corrected chi connectivity index (χ3v) is 3.52. The van der Waals surface area contributed by atoms with E-state index >= 15 is 0 Å². The van der Waals surface area contributed by atoms with Gasteiger partial charge in [-0.15, -0.1) is 11.3 Å². The first-order chi connectivity index (χ1) is 9.33. The number of thiazole rings is 1. The van der Waals surface area contributed by atoms with Gasteiger partial charge < -0.3 is 10.3 Å². The van der Waals surface area contributed by atoms with Gasteiger partial charge >= 0.3 is 0 Å². The number of aromatic amines is 1. The lowest BCUT2D eigenvalue weighted by Crippen LogP contribution is -2.18. The highest BCUT2D eigenvalue weighted by Gasteiger charge is 2.03. The van der Waals surface area contributed by atoms with Gasteiger partial charge in [-0.3, -0.25) is 9.78 Å². The van der Waals surface area contributed by atoms with Crippen molar-refractivity contribution in [1.82, 2.24) is 20.3 Å². The largest absolute Gasteiger partial charge is 0.309 e. The maximum Gasteiger partial charge on any atom is 0.258 e. The topological polar surface area (TPSA) is 70.7 Å². The summed E-state index contributed by atoms with van der Waals surface area (Å²) < 4.78 is 0. The van der Waals surface area contributed by atoms with E-state index in [0.29, 0.717) is 17.8 Å². The number of para-hydroxylation sites is 1. The van der Waals surface area contributed by atoms with Crippen molar-refractivity contribution in [3.8, 4) is 0 Å². The number of hydrogen-bond acceptors (Lipinski definition) is 5. The average Bonchev–Trinajstić information content (AvgIpc) is 2.92. The fraction of sp³-hybridized carbons (Fsp3) is 0.154. The predicted molar refractivity (Wildman–Crippen MR) is 75.0 cm³/mol. The van der Waals surface area contributed by atoms with Crippen molar-refractivity contribution in [2.45, 2.75) is 13.1 Å². The van der Waals surface area contributed by atoms with E-state index in [4.69, 9.17) is 0 Å². The van der Waals surface area contributed by atoms with Crippen LogP contribution in [0.15, 0.2) is 40.8 Å². The van der Waals surface area contributed by atoms with Crippen molar-refractivity contribution in [3.05, 3.63) is 57.0 Å². The number of rotatable bonds is 4. The molecule has 3 rings (SSSR count). The minimum Gasteiger partial charge on any atom is -0.309 e. The van der Waals surface area contributed by atoms with Gasteiger partial charge in [-0.1, -0.05) is 12.1 Å². The number of nitrogens with zero attached hydrogens (tertiary/aromatic N) is 2. The predicted octanol–water partition coefficient (Wildman–Crippen LogP) is 1.67. The van der Waals surface area contributed by atoms with Crippen LogP contribution in [0.1, 0.15) is 10.7 Å². The molecule has 3 aromatic rings. The molecule has 0 saturated carbocycles. The van der Waals surface area contributed by atoms with Gasteiger partial charge in [0.1, 0.15) is 5.82 Å². The zero-order chi connectivity index (χ0) is 13.1. The molecule has 0 unspecified atom stereocenters. The average molecular weight is 272 g/mol. The molecule has 19 heavy (non-hydrogen) atoms. The first-order valence-corrected chi connectivity index (χ1v) is 6.77. The molecule has 0 saturated heterocycles. The van der Waals surface area contributed by atoms with Gasteiger partial charge in [0.2, 0.25) is 0 Å². The van der Waals surface area contributed by atoms with Gasteiger partial charge in [0.25, 0.3) is 5.56 Å². The van der Waals surface area contributed by atoms with Crippen molar-refractivity contribution >= 4 is 22.2 Å². The lowest BCUT2D eigenvalue weighted by atomic mass is 10.2. The fourth-order valence-corrected chi connectivity index (χ4v) is 2.42. The van der Waals surface area contributed by atoms with Crippen molar-refractivity contribution < 1.29 is 0 Å². The van der Waals surface area contributed by atoms with Gasteiger partial charge in [-0.25, -0.2) is 4.98 Å². The summed E-state index contributed by atoms with van der Waals surface area (Å²) in [5.41, 5.74) is 2.42. The fourth-order valence-electron chi connectivity index (χ4n) is 1.85. The number of H-pyrrole nitrogens is 1. The van der Waals surface area contributed by atoms with Crippen LogP contribution in [0.3, 0.4) is 0 Å². The lowest BCUT2D eigenvalue weighted by molar-refractivity contribution is 0.668. The number of hydrogen-bond donors (Lipinski definition) is 2. The third-order valence-electron chi connectivity index (χ3n) is 2.74. The smallest absolute Gasteiger partial charge is 0.258 e. The molecular formula is C13H12N4OS. The second kappa shape index (κ2) is 5.29. The van der Waals surface area contributed by atoms with E-state index in [9.17, 15) is 4.79 Å². The van der Waals surface area contributed by atoms with Crippen LogP contribution in [0.25, 0.3) is 10.9 Å². The number of fused-ring (bicyclic) bond motifs is 1. The Morgan fingerprint density at radius 2 is 2.16 bits per heavy atom. The van der Waals surface area contributed by atoms with Gasteiger partial charge in [0.15, 0.2) is 0 Å². The van der Waals surface area contributed by atoms with Crippen molar-refractivity contribution in [2.75, 3.05) is 0 Å². The van der Waals surface area contributed by atoms with Crippen molar-refractivity contribution in [3.63, 3.8) is 0 Å². The van der Waals surface area contributed by atoms with E-state index in [1.165, 1.54) is 0 Å². The number of benzene rings is 1. The summed E-state index contributed by atoms with van der Waals surface area (Å²) in [5.74, 6) is 0.646. The van der Waals surface area contributed by atoms with Crippen LogP contribution in [0.4, 0.5) is 0 Å². The molecule has 0 bridgehead atoms. The lowest BCUT2D eigenvalue weighted by Gasteiger charge is -2.04. The highest BCUT2D eigenvalue weighted by Crippen LogP contribution is 2.06. The summed E-state index contributed by atoms with van der Waals surface area (Å²) in [6, 6.07) is 7.33. The third kappa shape index (κ3) is 2.69. The number of aromatic nitrogens is 3. The molecule has 2 aromatic heterocycles. The second-order valence-electron chi connectivity index (χ2n) is 4.10. The zero-order valence-electron chi connectivity index (χ0n) is 10.1. The molecule has 5 nitrogen and oxygen atoms in total. The van der Waals surface area contributed by atoms with Gasteiger partial charge in [-0.2, -0.15) is 0 Å². The molecule has 2 heterocycles. The molecule has 2 N–H and O–H groups in total. The molecule has 0 spiro atoms. The van der Waals surface area contributed by atoms with E-state index in [1.54, 1.807) is 22.9 Å². The Morgan fingerprint density at radius 1 is 1.26 bits per heavy atom. The standard InChI is InChI=1S/C13H12N4OS/c18-13-10-3-1-2-4-11(10)16-12(17-13)7-14-5-9-6-15-8-19-9/h1-4,6,8,14H,5,7H2,(H,16,17,18). The normalized spacial score (nSPS) is 10.9. The molecule has 0 radical (unpaired) electrons. The Balaban J connectivity index is 1.76. The van der Waals surface area contributed by atoms with Crippen LogP contribution in [0.2, 0.25) is 0 Å². The quantitative estimate of drug-likeness (QED) is 0.758. The minimum absolute atomic E-state index is 0.0970. The van der Waals surface area contributed by atoms with E-state index in [0.717, 1.165) is 16.9 Å². The maximum atomic E-state index is 11.9. The Labute approximate surface area is 113 Å². The van der Waals surface area contributed by atoms with E-state index in [-0.39, 0.29) is 5.56 Å². The van der Waals surface area contributed by atoms with Crippen molar-refractivity contribution in [2.24, 2.45) is 0 Å². The molecule has 96 valence electrons. The SMILES string of the molecule is O=c1[nH]c(CNCc2cncs2)nc2ccccc12. The monoisotopic (exact) mass is 272 g/mol. The van der Waals surface area contributed by atoms with Crippen molar-refractivity contribution in [1.29, 1.82) is 0 Å². The molecule has 1 aromatic carbocycles. The summed E-state index contributed by atoms with van der Waals surface area (Å²) in [4.78, 5) is 24.2. The molecule has 0 atom stereocenters. The van der Waals surface area contributed by atoms with Crippen LogP contribution in [-0.4, -0.2) is 15.0 Å². The van der Waals surface area contributed by atoms with Crippen LogP contribution in [-0.2, 0) is 13.1 Å². The Bertz CT molecular complexity index is 736. The van der Waals surface area contributed by atoms with E-state index < -0.39 is 0 Å². The first kappa shape index (κ1) is 12.0. The van der Waals surface area contributed by atoms with E-state index in [1.807, 2.05) is 24.4 Å². The second-order valence-corrected chi connectivity index (χ2v) is 5.07. The van der Waals surface area contributed by atoms with E-state index in [2.05, 4.69) is 20.3 Å². The minimum atomic E-state index is -0.0970. The summed E-state index contributed by atoms with van der Waals surface area (Å²) >= 11 is 1.60. The Morgan fingerprint density at radius 3 is 3.00 bits per heavy atom. The van der Waals surface area contributed by atoms with Crippen LogP contribution in [0.5, 0.6) is 0 Å². The highest BCUT2D eigenvalue weighted by molar-refractivity contribution is 7.09. The Kier molecular flexibility index (Phi) is 3.35. The maximum absolute atomic E-state index is 11.9.